The summed E-state index contributed by atoms with van der Waals surface area (Å²) in [6.07, 6.45) is 4.73. The van der Waals surface area contributed by atoms with Crippen LogP contribution in [-0.2, 0) is 15.6 Å². The van der Waals surface area contributed by atoms with Crippen LogP contribution < -0.4 is 19.1 Å². The number of hydrogen-bond acceptors (Lipinski definition) is 7. The minimum Gasteiger partial charge on any atom is -0.490 e. The molecule has 35 heavy (non-hydrogen) atoms. The third-order valence-corrected chi connectivity index (χ3v) is 7.88. The molecule has 3 aliphatic heterocycles. The van der Waals surface area contributed by atoms with Crippen LogP contribution in [-0.4, -0.2) is 76.9 Å². The fourth-order valence-corrected chi connectivity index (χ4v) is 6.04. The van der Waals surface area contributed by atoms with E-state index in [4.69, 9.17) is 14.2 Å². The molecule has 0 radical (unpaired) electrons. The van der Waals surface area contributed by atoms with Crippen LogP contribution in [0.3, 0.4) is 0 Å². The van der Waals surface area contributed by atoms with E-state index in [-0.39, 0.29) is 11.6 Å². The lowest BCUT2D eigenvalue weighted by atomic mass is 10.2. The van der Waals surface area contributed by atoms with Gasteiger partial charge in [-0.15, -0.1) is 0 Å². The molecule has 0 saturated carbocycles. The first-order valence-electron chi connectivity index (χ1n) is 11.7. The molecular weight excluding hydrogens is 470 g/mol. The largest absolute Gasteiger partial charge is 0.490 e. The van der Waals surface area contributed by atoms with E-state index in [0.29, 0.717) is 19.0 Å². The van der Waals surface area contributed by atoms with Gasteiger partial charge in [0.05, 0.1) is 37.8 Å². The number of hydrogen-bond donors (Lipinski definition) is 0. The Balaban J connectivity index is 0.000000370. The summed E-state index contributed by atoms with van der Waals surface area (Å²) in [7, 11) is 1.17. The second-order valence-electron chi connectivity index (χ2n) is 8.98. The summed E-state index contributed by atoms with van der Waals surface area (Å²) in [4.78, 5) is 19.2. The maximum atomic E-state index is 10.9. The Kier molecular flexibility index (Phi) is 9.33. The number of amides is 1. The SMILES string of the molecule is CC1CCS(=O)C1.COc1ncc(N2CCOc3ccc(O[C@H]4CCN(C=O)C4)cc32)cc1C.O. The van der Waals surface area contributed by atoms with Gasteiger partial charge in [-0.05, 0) is 37.5 Å². The topological polar surface area (TPSA) is 113 Å². The van der Waals surface area contributed by atoms with Crippen molar-refractivity contribution >= 4 is 28.6 Å². The van der Waals surface area contributed by atoms with Crippen molar-refractivity contribution < 1.29 is 28.7 Å². The zero-order chi connectivity index (χ0) is 24.1. The Hall–Kier alpha value is -2.85. The van der Waals surface area contributed by atoms with Gasteiger partial charge in [0.25, 0.3) is 0 Å². The van der Waals surface area contributed by atoms with E-state index in [1.54, 1.807) is 12.0 Å². The van der Waals surface area contributed by atoms with E-state index in [1.807, 2.05) is 31.3 Å². The average molecular weight is 506 g/mol. The third-order valence-electron chi connectivity index (χ3n) is 6.25. The maximum absolute atomic E-state index is 10.9. The van der Waals surface area contributed by atoms with Crippen molar-refractivity contribution in [2.75, 3.05) is 49.8 Å². The predicted octanol–water partition coefficient (Wildman–Crippen LogP) is 2.49. The Bertz CT molecular complexity index is 1040. The normalized spacial score (nSPS) is 22.8. The van der Waals surface area contributed by atoms with E-state index in [9.17, 15) is 9.00 Å². The van der Waals surface area contributed by atoms with Crippen molar-refractivity contribution in [2.45, 2.75) is 32.8 Å². The number of methoxy groups -OCH3 is 1. The molecule has 4 heterocycles. The summed E-state index contributed by atoms with van der Waals surface area (Å²) in [6, 6.07) is 7.92. The van der Waals surface area contributed by atoms with Gasteiger partial charge >= 0.3 is 0 Å². The zero-order valence-corrected chi connectivity index (χ0v) is 21.4. The van der Waals surface area contributed by atoms with E-state index in [2.05, 4.69) is 22.9 Å². The monoisotopic (exact) mass is 505 g/mol. The Morgan fingerprint density at radius 2 is 2.06 bits per heavy atom. The van der Waals surface area contributed by atoms with E-state index in [0.717, 1.165) is 71.8 Å². The second-order valence-corrected chi connectivity index (χ2v) is 10.6. The third kappa shape index (κ3) is 6.64. The van der Waals surface area contributed by atoms with Crippen LogP contribution in [0.4, 0.5) is 11.4 Å². The quantitative estimate of drug-likeness (QED) is 0.574. The first kappa shape index (κ1) is 26.7. The van der Waals surface area contributed by atoms with Gasteiger partial charge in [-0.25, -0.2) is 4.98 Å². The molecule has 2 fully saturated rings. The molecule has 3 atom stereocenters. The molecule has 2 saturated heterocycles. The Morgan fingerprint density at radius 1 is 1.23 bits per heavy atom. The van der Waals surface area contributed by atoms with Crippen molar-refractivity contribution in [3.63, 3.8) is 0 Å². The highest BCUT2D eigenvalue weighted by Gasteiger charge is 2.25. The molecule has 0 bridgehead atoms. The van der Waals surface area contributed by atoms with Gasteiger partial charge in [0, 0.05) is 46.9 Å². The fraction of sp³-hybridized carbons (Fsp3) is 0.520. The van der Waals surface area contributed by atoms with Crippen molar-refractivity contribution in [2.24, 2.45) is 5.92 Å². The zero-order valence-electron chi connectivity index (χ0n) is 20.6. The number of nitrogens with zero attached hydrogens (tertiary/aromatic N) is 3. The van der Waals surface area contributed by atoms with Gasteiger partial charge in [-0.1, -0.05) is 6.92 Å². The standard InChI is InChI=1S/C20H23N3O4.C5H10OS.H2O/c1-14-9-15(11-21-20(14)25-2)23-7-8-26-19-4-3-16(10-18(19)23)27-17-5-6-22(12-17)13-24;1-5-2-3-7(6)4-5;/h3-4,9-11,13,17H,5-8,12H2,1-2H3;5H,2-4H2,1H3;1H2/t17-;;/m0../s1. The number of rotatable bonds is 5. The highest BCUT2D eigenvalue weighted by Crippen LogP contribution is 2.40. The van der Waals surface area contributed by atoms with Crippen LogP contribution in [0.1, 0.15) is 25.3 Å². The summed E-state index contributed by atoms with van der Waals surface area (Å²) in [5.74, 6) is 4.84. The van der Waals surface area contributed by atoms with E-state index in [1.165, 1.54) is 6.42 Å². The van der Waals surface area contributed by atoms with Gasteiger partial charge < -0.3 is 29.5 Å². The molecular formula is C25H35N3O6S. The number of aromatic nitrogens is 1. The first-order chi connectivity index (χ1) is 16.5. The number of pyridine rings is 1. The van der Waals surface area contributed by atoms with Gasteiger partial charge in [-0.2, -0.15) is 0 Å². The molecule has 192 valence electrons. The average Bonchev–Trinajstić information content (AvgIpc) is 3.46. The fourth-order valence-electron chi connectivity index (χ4n) is 4.40. The first-order valence-corrected chi connectivity index (χ1v) is 13.2. The smallest absolute Gasteiger partial charge is 0.216 e. The van der Waals surface area contributed by atoms with Gasteiger partial charge in [0.2, 0.25) is 12.3 Å². The molecule has 2 N–H and O–H groups in total. The molecule has 9 nitrogen and oxygen atoms in total. The highest BCUT2D eigenvalue weighted by molar-refractivity contribution is 7.85. The number of anilines is 2. The number of carbonyl (C=O) groups excluding carboxylic acids is 1. The maximum Gasteiger partial charge on any atom is 0.216 e. The Morgan fingerprint density at radius 3 is 2.66 bits per heavy atom. The van der Waals surface area contributed by atoms with Crippen LogP contribution in [0.2, 0.25) is 0 Å². The molecule has 2 aromatic rings. The van der Waals surface area contributed by atoms with Crippen molar-refractivity contribution in [1.29, 1.82) is 0 Å². The minimum atomic E-state index is -0.453. The number of ether oxygens (including phenoxy) is 3. The number of fused-ring (bicyclic) bond motifs is 1. The molecule has 3 aliphatic rings. The molecule has 5 rings (SSSR count). The molecule has 1 aromatic carbocycles. The van der Waals surface area contributed by atoms with Crippen LogP contribution >= 0.6 is 0 Å². The van der Waals surface area contributed by atoms with Gasteiger partial charge in [-0.3, -0.25) is 9.00 Å². The molecule has 0 spiro atoms. The number of benzene rings is 1. The van der Waals surface area contributed by atoms with Crippen LogP contribution in [0.15, 0.2) is 30.5 Å². The van der Waals surface area contributed by atoms with Crippen LogP contribution in [0, 0.1) is 12.8 Å². The summed E-state index contributed by atoms with van der Waals surface area (Å²) in [5.41, 5.74) is 2.92. The minimum absolute atomic E-state index is 0. The lowest BCUT2D eigenvalue weighted by Crippen LogP contribution is -2.29. The molecule has 2 unspecified atom stereocenters. The summed E-state index contributed by atoms with van der Waals surface area (Å²) >= 11 is 0. The van der Waals surface area contributed by atoms with Crippen molar-refractivity contribution in [3.8, 4) is 17.4 Å². The lowest BCUT2D eigenvalue weighted by molar-refractivity contribution is -0.117. The number of likely N-dealkylation sites (tertiary alicyclic amines) is 1. The predicted molar refractivity (Wildman–Crippen MR) is 136 cm³/mol. The molecule has 0 aliphatic carbocycles. The second kappa shape index (κ2) is 12.2. The van der Waals surface area contributed by atoms with Crippen LogP contribution in [0.5, 0.6) is 17.4 Å². The number of aryl methyl sites for hydroxylation is 1. The molecule has 1 aromatic heterocycles. The highest BCUT2D eigenvalue weighted by atomic mass is 32.2. The number of carbonyl (C=O) groups is 1. The van der Waals surface area contributed by atoms with E-state index >= 15 is 0 Å². The summed E-state index contributed by atoms with van der Waals surface area (Å²) < 4.78 is 27.7. The molecule has 10 heteroatoms. The Labute approximate surface area is 209 Å². The van der Waals surface area contributed by atoms with Gasteiger partial charge in [0.15, 0.2) is 0 Å². The lowest BCUT2D eigenvalue weighted by Gasteiger charge is -2.31. The van der Waals surface area contributed by atoms with Gasteiger partial charge in [0.1, 0.15) is 24.2 Å². The van der Waals surface area contributed by atoms with Crippen LogP contribution in [0.25, 0.3) is 0 Å². The summed E-state index contributed by atoms with van der Waals surface area (Å²) in [5, 5.41) is 0. The van der Waals surface area contributed by atoms with Crippen molar-refractivity contribution in [1.82, 2.24) is 9.88 Å². The summed E-state index contributed by atoms with van der Waals surface area (Å²) in [6.45, 7) is 6.84. The molecule has 1 amide bonds. The van der Waals surface area contributed by atoms with E-state index < -0.39 is 10.8 Å². The van der Waals surface area contributed by atoms with Crippen molar-refractivity contribution in [3.05, 3.63) is 36.0 Å².